The summed E-state index contributed by atoms with van der Waals surface area (Å²) in [4.78, 5) is 0. The number of rotatable bonds is 2. The highest BCUT2D eigenvalue weighted by atomic mass is 32.2. The zero-order valence-corrected chi connectivity index (χ0v) is 8.24. The molecule has 1 heterocycles. The van der Waals surface area contributed by atoms with Crippen LogP contribution in [0.5, 0.6) is 5.75 Å². The molecule has 74 valence electrons. The van der Waals surface area contributed by atoms with Crippen molar-refractivity contribution in [1.29, 1.82) is 0 Å². The average molecular weight is 212 g/mol. The van der Waals surface area contributed by atoms with E-state index in [9.17, 15) is 8.42 Å². The maximum absolute atomic E-state index is 10.9. The Bertz CT molecular complexity index is 512. The molecular formula is C9H8O4S. The van der Waals surface area contributed by atoms with Gasteiger partial charge in [-0.15, -0.1) is 0 Å². The van der Waals surface area contributed by atoms with Gasteiger partial charge >= 0.3 is 10.1 Å². The Labute approximate surface area is 81.6 Å². The molecule has 1 aliphatic carbocycles. The molecule has 2 aliphatic rings. The van der Waals surface area contributed by atoms with Crippen LogP contribution in [0.4, 0.5) is 0 Å². The second-order valence-corrected chi connectivity index (χ2v) is 4.49. The molecule has 0 amide bonds. The highest BCUT2D eigenvalue weighted by molar-refractivity contribution is 7.86. The third-order valence-corrected chi connectivity index (χ3v) is 2.22. The number of fused-ring (bicyclic) bond motifs is 1. The summed E-state index contributed by atoms with van der Waals surface area (Å²) in [5.74, 6) is 0.332. The van der Waals surface area contributed by atoms with Crippen LogP contribution >= 0.6 is 0 Å². The lowest BCUT2D eigenvalue weighted by molar-refractivity contribution is 0.493. The van der Waals surface area contributed by atoms with Crippen molar-refractivity contribution in [2.45, 2.75) is 0 Å². The summed E-state index contributed by atoms with van der Waals surface area (Å²) in [5.41, 5.74) is 1.54. The SMILES string of the molecule is CS(=O)(=O)Oc1ccc2coccc1-2. The van der Waals surface area contributed by atoms with Crippen molar-refractivity contribution in [2.24, 2.45) is 0 Å². The van der Waals surface area contributed by atoms with Gasteiger partial charge in [0.05, 0.1) is 18.8 Å². The molecule has 0 N–H and O–H groups in total. The molecule has 0 aromatic rings. The maximum atomic E-state index is 10.9. The molecule has 0 unspecified atom stereocenters. The van der Waals surface area contributed by atoms with Gasteiger partial charge in [-0.05, 0) is 18.2 Å². The van der Waals surface area contributed by atoms with Gasteiger partial charge in [0.15, 0.2) is 5.75 Å². The largest absolute Gasteiger partial charge is 0.472 e. The summed E-state index contributed by atoms with van der Waals surface area (Å²) < 4.78 is 31.5. The minimum absolute atomic E-state index is 0.332. The first-order chi connectivity index (χ1) is 6.56. The molecule has 2 rings (SSSR count). The summed E-state index contributed by atoms with van der Waals surface area (Å²) in [6.45, 7) is 0. The first kappa shape index (κ1) is 9.08. The lowest BCUT2D eigenvalue weighted by Crippen LogP contribution is -2.05. The minimum atomic E-state index is -3.47. The third kappa shape index (κ3) is 1.72. The van der Waals surface area contributed by atoms with Gasteiger partial charge < -0.3 is 8.60 Å². The van der Waals surface area contributed by atoms with Crippen molar-refractivity contribution in [3.8, 4) is 16.9 Å². The minimum Gasteiger partial charge on any atom is -0.472 e. The van der Waals surface area contributed by atoms with Crippen LogP contribution in [-0.4, -0.2) is 14.7 Å². The van der Waals surface area contributed by atoms with E-state index >= 15 is 0 Å². The van der Waals surface area contributed by atoms with Crippen LogP contribution in [-0.2, 0) is 10.1 Å². The molecule has 0 saturated carbocycles. The van der Waals surface area contributed by atoms with Crippen molar-refractivity contribution >= 4 is 10.1 Å². The van der Waals surface area contributed by atoms with E-state index in [4.69, 9.17) is 8.60 Å². The Morgan fingerprint density at radius 2 is 2.07 bits per heavy atom. The van der Waals surface area contributed by atoms with E-state index in [1.54, 1.807) is 18.2 Å². The van der Waals surface area contributed by atoms with Crippen molar-refractivity contribution in [3.63, 3.8) is 0 Å². The van der Waals surface area contributed by atoms with E-state index in [0.29, 0.717) is 5.75 Å². The number of hydrogen-bond donors (Lipinski definition) is 0. The van der Waals surface area contributed by atoms with Crippen LogP contribution in [0.15, 0.2) is 35.1 Å². The summed E-state index contributed by atoms with van der Waals surface area (Å²) >= 11 is 0. The van der Waals surface area contributed by atoms with E-state index in [-0.39, 0.29) is 0 Å². The lowest BCUT2D eigenvalue weighted by Gasteiger charge is -2.03. The van der Waals surface area contributed by atoms with Crippen molar-refractivity contribution in [1.82, 2.24) is 0 Å². The van der Waals surface area contributed by atoms with E-state index in [1.165, 1.54) is 12.5 Å². The van der Waals surface area contributed by atoms with Gasteiger partial charge in [0.1, 0.15) is 0 Å². The molecule has 0 saturated heterocycles. The molecular weight excluding hydrogens is 204 g/mol. The van der Waals surface area contributed by atoms with Crippen LogP contribution in [0.25, 0.3) is 11.1 Å². The molecule has 0 fully saturated rings. The third-order valence-electron chi connectivity index (χ3n) is 1.74. The van der Waals surface area contributed by atoms with Crippen LogP contribution in [0.1, 0.15) is 0 Å². The zero-order chi connectivity index (χ0) is 10.2. The Morgan fingerprint density at radius 1 is 1.29 bits per heavy atom. The molecule has 0 bridgehead atoms. The predicted molar refractivity (Wildman–Crippen MR) is 50.8 cm³/mol. The van der Waals surface area contributed by atoms with Crippen LogP contribution < -0.4 is 4.18 Å². The summed E-state index contributed by atoms with van der Waals surface area (Å²) in [6, 6.07) is 5.00. The Balaban J connectivity index is 2.46. The average Bonchev–Trinajstić information content (AvgIpc) is 2.47. The van der Waals surface area contributed by atoms with Crippen molar-refractivity contribution in [2.75, 3.05) is 6.26 Å². The first-order valence-corrected chi connectivity index (χ1v) is 5.72. The second kappa shape index (κ2) is 3.02. The van der Waals surface area contributed by atoms with Crippen molar-refractivity contribution < 1.29 is 17.0 Å². The normalized spacial score (nSPS) is 11.8. The van der Waals surface area contributed by atoms with Crippen molar-refractivity contribution in [3.05, 3.63) is 30.7 Å². The monoisotopic (exact) mass is 212 g/mol. The van der Waals surface area contributed by atoms with Gasteiger partial charge in [-0.25, -0.2) is 0 Å². The number of hydrogen-bond acceptors (Lipinski definition) is 4. The van der Waals surface area contributed by atoms with Gasteiger partial charge in [-0.2, -0.15) is 8.42 Å². The van der Waals surface area contributed by atoms with Crippen LogP contribution in [0.2, 0.25) is 0 Å². The van der Waals surface area contributed by atoms with Gasteiger partial charge in [0.25, 0.3) is 0 Å². The van der Waals surface area contributed by atoms with Crippen LogP contribution in [0, 0.1) is 0 Å². The van der Waals surface area contributed by atoms with Gasteiger partial charge in [-0.3, -0.25) is 0 Å². The Hall–Kier alpha value is -1.49. The topological polar surface area (TPSA) is 56.5 Å². The Morgan fingerprint density at radius 3 is 2.79 bits per heavy atom. The fourth-order valence-electron chi connectivity index (χ4n) is 1.22. The molecule has 0 radical (unpaired) electrons. The maximum Gasteiger partial charge on any atom is 0.306 e. The van der Waals surface area contributed by atoms with Crippen LogP contribution in [0.3, 0.4) is 0 Å². The Kier molecular flexibility index (Phi) is 1.96. The fraction of sp³-hybridized carbons (Fsp3) is 0.111. The molecule has 0 spiro atoms. The van der Waals surface area contributed by atoms with Gasteiger partial charge in [0, 0.05) is 11.1 Å². The zero-order valence-electron chi connectivity index (χ0n) is 7.43. The summed E-state index contributed by atoms with van der Waals surface area (Å²) in [5, 5.41) is 0. The standard InChI is InChI=1S/C9H8O4S/c1-14(10,11)13-9-3-2-7-6-12-5-4-8(7)9/h2-6H,1H3. The van der Waals surface area contributed by atoms with E-state index in [1.807, 2.05) is 0 Å². The quantitative estimate of drug-likeness (QED) is 0.711. The van der Waals surface area contributed by atoms with E-state index < -0.39 is 10.1 Å². The molecule has 1 aliphatic heterocycles. The highest BCUT2D eigenvalue weighted by Gasteiger charge is 2.14. The molecule has 0 aromatic heterocycles. The van der Waals surface area contributed by atoms with Gasteiger partial charge in [-0.1, -0.05) is 0 Å². The molecule has 14 heavy (non-hydrogen) atoms. The van der Waals surface area contributed by atoms with E-state index in [0.717, 1.165) is 17.4 Å². The lowest BCUT2D eigenvalue weighted by atomic mass is 10.2. The molecule has 4 nitrogen and oxygen atoms in total. The van der Waals surface area contributed by atoms with Gasteiger partial charge in [0.2, 0.25) is 0 Å². The molecule has 5 heteroatoms. The molecule has 0 atom stereocenters. The highest BCUT2D eigenvalue weighted by Crippen LogP contribution is 2.34. The predicted octanol–water partition coefficient (Wildman–Crippen LogP) is 1.72. The molecule has 0 aromatic carbocycles. The van der Waals surface area contributed by atoms with E-state index in [2.05, 4.69) is 0 Å². The summed E-state index contributed by atoms with van der Waals surface area (Å²) in [6.07, 6.45) is 4.01. The summed E-state index contributed by atoms with van der Waals surface area (Å²) in [7, 11) is -3.47. The second-order valence-electron chi connectivity index (χ2n) is 2.91. The smallest absolute Gasteiger partial charge is 0.306 e. The fourth-order valence-corrected chi connectivity index (χ4v) is 1.70. The first-order valence-electron chi connectivity index (χ1n) is 3.91.